The highest BCUT2D eigenvalue weighted by Gasteiger charge is 2.67. The zero-order valence-electron chi connectivity index (χ0n) is 50.4. The van der Waals surface area contributed by atoms with Gasteiger partial charge in [0.25, 0.3) is 0 Å². The van der Waals surface area contributed by atoms with Gasteiger partial charge in [0.15, 0.2) is 18.3 Å². The number of nitrogens with zero attached hydrogens (tertiary/aromatic N) is 6. The van der Waals surface area contributed by atoms with Gasteiger partial charge in [-0.25, -0.2) is 23.5 Å². The number of carbonyl (C=O) groups excluding carboxylic acids is 3. The number of phosphoric acid groups is 2. The van der Waals surface area contributed by atoms with Crippen molar-refractivity contribution >= 4 is 67.9 Å². The van der Waals surface area contributed by atoms with Crippen LogP contribution in [0.25, 0.3) is 0 Å². The minimum Gasteiger partial charge on any atom is -0.466 e. The van der Waals surface area contributed by atoms with E-state index in [0.29, 0.717) is 38.1 Å². The molecule has 0 saturated carbocycles. The first-order valence-corrected chi connectivity index (χ1v) is 34.4. The van der Waals surface area contributed by atoms with E-state index in [2.05, 4.69) is 19.5 Å². The quantitative estimate of drug-likeness (QED) is 0.0377. The van der Waals surface area contributed by atoms with Gasteiger partial charge in [-0.15, -0.1) is 0 Å². The second-order valence-electron chi connectivity index (χ2n) is 20.6. The van der Waals surface area contributed by atoms with E-state index < -0.39 is 155 Å². The van der Waals surface area contributed by atoms with E-state index in [1.165, 1.54) is 18.2 Å². The maximum absolute atomic E-state index is 15.0. The molecule has 5 saturated heterocycles. The van der Waals surface area contributed by atoms with Crippen LogP contribution in [0.4, 0.5) is 32.2 Å². The van der Waals surface area contributed by atoms with Crippen LogP contribution in [-0.2, 0) is 88.2 Å². The molecule has 8 rings (SSSR count). The lowest BCUT2D eigenvalue weighted by molar-refractivity contribution is -0.148. The van der Waals surface area contributed by atoms with Crippen molar-refractivity contribution in [1.82, 2.24) is 28.7 Å². The molecule has 0 spiro atoms. The highest BCUT2D eigenvalue weighted by atomic mass is 35.9. The minimum absolute atomic E-state index is 0. The van der Waals surface area contributed by atoms with Crippen LogP contribution in [0, 0.1) is 31.6 Å². The average Bonchev–Trinajstić information content (AvgIpc) is 1.60. The highest BCUT2D eigenvalue weighted by Crippen LogP contribution is 2.62. The number of ether oxygens (including phenoxy) is 6. The van der Waals surface area contributed by atoms with Gasteiger partial charge in [-0.2, -0.15) is 41.3 Å². The molecule has 0 radical (unpaired) electrons. The summed E-state index contributed by atoms with van der Waals surface area (Å²) < 4.78 is 190. The summed E-state index contributed by atoms with van der Waals surface area (Å²) in [7, 11) is -8.66. The third-order valence-corrected chi connectivity index (χ3v) is 17.5. The summed E-state index contributed by atoms with van der Waals surface area (Å²) >= 11 is 10.3. The number of nitrogens with two attached hydrogens (primary N) is 1. The van der Waals surface area contributed by atoms with E-state index in [0.717, 1.165) is 18.6 Å². The summed E-state index contributed by atoms with van der Waals surface area (Å²) in [5.74, 6) is -13.9. The highest BCUT2D eigenvalue weighted by molar-refractivity contribution is 8.05. The third kappa shape index (κ3) is 21.9. The van der Waals surface area contributed by atoms with Crippen LogP contribution in [0.1, 0.15) is 106 Å². The van der Waals surface area contributed by atoms with Crippen LogP contribution < -0.4 is 22.8 Å². The van der Waals surface area contributed by atoms with Crippen molar-refractivity contribution in [1.29, 1.82) is 0 Å². The van der Waals surface area contributed by atoms with Crippen LogP contribution in [0.15, 0.2) is 51.2 Å². The van der Waals surface area contributed by atoms with E-state index in [4.69, 9.17) is 88.9 Å². The smallest absolute Gasteiger partial charge is 0.466 e. The molecule has 5 aliphatic heterocycles. The van der Waals surface area contributed by atoms with Crippen molar-refractivity contribution in [2.24, 2.45) is 17.8 Å². The maximum atomic E-state index is 15.0. The van der Waals surface area contributed by atoms with Crippen molar-refractivity contribution in [3.8, 4) is 0 Å². The van der Waals surface area contributed by atoms with Crippen LogP contribution in [0.5, 0.6) is 0 Å². The second-order valence-corrected chi connectivity index (χ2v) is 28.1. The Kier molecular flexibility index (Phi) is 31.6. The fourth-order valence-electron chi connectivity index (χ4n) is 8.57. The van der Waals surface area contributed by atoms with Crippen molar-refractivity contribution in [3.05, 3.63) is 79.6 Å². The first kappa shape index (κ1) is 83.4. The fourth-order valence-corrected chi connectivity index (χ4v) is 12.1. The van der Waals surface area contributed by atoms with Gasteiger partial charge in [-0.3, -0.25) is 59.8 Å². The van der Waals surface area contributed by atoms with Gasteiger partial charge in [0, 0.05) is 30.0 Å². The standard InChI is InChI=1S/C17H23F2N2O8P.C16H22F2N3O8P.C10H12F2N2O4.C7H13Cl2O4P.2CH4/c1-4-25-14(22)10(2)6-8-26-30(24)27-9-12-13(29-30)17(18,19)15(28-12)21-7-5-11(3)20-16(21)23;1-3-25-13(22)9(2)5-7-26-30(24)27-8-10-12(29-30)16(17,18)14(28-10)21-6-4-11(19)20-15(21)23;1-5-2-3-14(9(17)13-5)8-10(11,12)7(16)6(4-15)18-8;1-3-12-7(10)6(2)4-5-13-14(8,9)11;;/h5,7,10,12-13,15H,4,6,8-9H2,1-3H3;4,6,9-10,12,14H,3,5,7-8H2,1-2H3,(H2,19,20,23);2-3,6-8,15-16H,4H2,1H3;6H,3-5H2,1-2H3;2*1H4/t10-,12-,13-,15-,30?;9-,10-,12-,14-,30?;6-,7-,8-;6-;;/m1111../s1. The number of aromatic nitrogens is 6. The molecule has 0 amide bonds. The van der Waals surface area contributed by atoms with E-state index in [9.17, 15) is 73.9 Å². The molecule has 0 bridgehead atoms. The van der Waals surface area contributed by atoms with Crippen LogP contribution in [0.2, 0.25) is 0 Å². The van der Waals surface area contributed by atoms with Crippen molar-refractivity contribution in [2.75, 3.05) is 65.2 Å². The van der Waals surface area contributed by atoms with Crippen molar-refractivity contribution in [2.45, 2.75) is 163 Å². The van der Waals surface area contributed by atoms with Gasteiger partial charge >= 0.3 is 74.5 Å². The van der Waals surface area contributed by atoms with E-state index in [-0.39, 0.29) is 78.4 Å². The zero-order chi connectivity index (χ0) is 68.9. The number of esters is 3. The largest absolute Gasteiger partial charge is 0.475 e. The Bertz CT molecular complexity index is 3200. The lowest BCUT2D eigenvalue weighted by atomic mass is 10.1. The Morgan fingerprint density at radius 2 is 1.00 bits per heavy atom. The van der Waals surface area contributed by atoms with Gasteiger partial charge in [0.05, 0.1) is 77.2 Å². The summed E-state index contributed by atoms with van der Waals surface area (Å²) in [6.07, 6.45) is -15.6. The average molecular weight is 1460 g/mol. The van der Waals surface area contributed by atoms with Gasteiger partial charge < -0.3 is 48.9 Å². The van der Waals surface area contributed by atoms with E-state index in [1.807, 2.05) is 0 Å². The van der Waals surface area contributed by atoms with Gasteiger partial charge in [0.1, 0.15) is 24.1 Å². The zero-order valence-corrected chi connectivity index (χ0v) is 54.6. The molecule has 8 heterocycles. The molecule has 31 nitrogen and oxygen atoms in total. The number of carbonyl (C=O) groups is 3. The topological polar surface area (TPSA) is 394 Å². The number of anilines is 1. The number of hydrogen-bond donors (Lipinski definition) is 3. The number of hydrogen-bond acceptors (Lipinski definition) is 28. The number of alkyl halides is 6. The van der Waals surface area contributed by atoms with Crippen LogP contribution >= 0.6 is 44.2 Å². The van der Waals surface area contributed by atoms with Crippen LogP contribution in [0.3, 0.4) is 0 Å². The predicted molar refractivity (Wildman–Crippen MR) is 318 cm³/mol. The number of halogens is 8. The second kappa shape index (κ2) is 35.6. The van der Waals surface area contributed by atoms with Gasteiger partial charge in [0.2, 0.25) is 18.7 Å². The normalized spacial score (nSPS) is 27.8. The number of phosphoric ester groups is 2. The minimum atomic E-state index is -4.34. The Morgan fingerprint density at radius 3 is 1.33 bits per heavy atom. The summed E-state index contributed by atoms with van der Waals surface area (Å²) in [6.45, 7) is 11.6. The Morgan fingerprint density at radius 1 is 0.649 bits per heavy atom. The molecule has 536 valence electrons. The van der Waals surface area contributed by atoms with E-state index >= 15 is 0 Å². The summed E-state index contributed by atoms with van der Waals surface area (Å²) in [5, 5.41) is 18.1. The monoisotopic (exact) mass is 1460 g/mol. The van der Waals surface area contributed by atoms with Gasteiger partial charge in [-0.1, -0.05) is 35.6 Å². The first-order valence-electron chi connectivity index (χ1n) is 28.0. The molecule has 5 aliphatic rings. The Balaban J connectivity index is 0.000000339. The van der Waals surface area contributed by atoms with Crippen LogP contribution in [-0.4, -0.2) is 171 Å². The molecule has 3 aromatic heterocycles. The number of nitrogen functional groups attached to an aromatic ring is 1. The third-order valence-electron chi connectivity index (χ3n) is 13.5. The lowest BCUT2D eigenvalue weighted by Crippen LogP contribution is -2.45. The molecule has 14 atom stereocenters. The summed E-state index contributed by atoms with van der Waals surface area (Å²) in [4.78, 5) is 80.2. The molecule has 42 heteroatoms. The molecule has 0 aromatic carbocycles. The molecule has 94 heavy (non-hydrogen) atoms. The number of aliphatic hydroxyl groups excluding tert-OH is 2. The molecule has 5 fully saturated rings. The maximum Gasteiger partial charge on any atom is 0.475 e. The molecule has 0 aliphatic carbocycles. The number of rotatable bonds is 22. The van der Waals surface area contributed by atoms with Crippen molar-refractivity contribution in [3.63, 3.8) is 0 Å². The lowest BCUT2D eigenvalue weighted by Gasteiger charge is -2.31. The molecular weight excluding hydrogens is 1380 g/mol. The SMILES string of the molecule is C.C.CCOC(=O)[C@H](C)CCOP(=O)(Cl)Cl.CCOC(=O)[C@H](C)CCOP1(=O)OC[C@H]2O[C@@H](n3ccc(C)nc3=O)C(F)(F)[C@@H]2O1.CCOC(=O)[C@H](C)CCOP1(=O)OC[C@H]2O[C@@H](n3ccc(N)nc3=O)C(F)(F)[C@@H]2O1.Cc1ccn([C@@H]2O[C@H](CO)[C@@H](O)C2(F)F)c(=O)n1. The number of fused-ring (bicyclic) bond motifs is 2. The number of aliphatic hydroxyl groups is 2. The first-order chi connectivity index (χ1) is 42.9. The van der Waals surface area contributed by atoms with Crippen molar-refractivity contribution < 1.29 is 125 Å². The molecular formula is C52H78Cl2F6N7O24P3. The molecule has 4 N–H and O–H groups in total. The summed E-state index contributed by atoms with van der Waals surface area (Å²) in [6, 6.07) is 3.93. The molecule has 2 unspecified atom stereocenters. The van der Waals surface area contributed by atoms with E-state index in [1.54, 1.807) is 55.4 Å². The Hall–Kier alpha value is -4.78. The predicted octanol–water partition coefficient (Wildman–Crippen LogP) is 7.59. The fraction of sp³-hybridized carbons (Fsp3) is 0.712. The van der Waals surface area contributed by atoms with Gasteiger partial charge in [-0.05, 0) is 94.6 Å². The summed E-state index contributed by atoms with van der Waals surface area (Å²) in [5.41, 5.74) is 3.28. The number of aryl methyl sites for hydroxylation is 2. The Labute approximate surface area is 544 Å². The molecule has 3 aromatic rings.